The van der Waals surface area contributed by atoms with Crippen LogP contribution in [0.2, 0.25) is 5.02 Å². The molecule has 2 aromatic rings. The van der Waals surface area contributed by atoms with Gasteiger partial charge in [0, 0.05) is 56.7 Å². The Hall–Kier alpha value is -2.03. The molecule has 1 aliphatic heterocycles. The number of nitrogens with zero attached hydrogens (tertiary/aromatic N) is 5. The third-order valence-corrected chi connectivity index (χ3v) is 4.76. The lowest BCUT2D eigenvalue weighted by atomic mass is 10.2. The van der Waals surface area contributed by atoms with Gasteiger partial charge in [0.2, 0.25) is 0 Å². The number of hydrogen-bond donors (Lipinski definition) is 0. The minimum Gasteiger partial charge on any atom is -0.370 e. The summed E-state index contributed by atoms with van der Waals surface area (Å²) in [6.45, 7) is 8.02. The zero-order valence-electron chi connectivity index (χ0n) is 14.0. The molecule has 0 N–H and O–H groups in total. The third-order valence-electron chi connectivity index (χ3n) is 4.44. The fraction of sp³-hybridized carbons (Fsp3) is 0.444. The molecule has 1 aromatic carbocycles. The van der Waals surface area contributed by atoms with Crippen molar-refractivity contribution in [2.24, 2.45) is 0 Å². The highest BCUT2D eigenvalue weighted by Gasteiger charge is 2.16. The van der Waals surface area contributed by atoms with Crippen LogP contribution in [-0.4, -0.2) is 40.9 Å². The minimum atomic E-state index is 0.531. The molecule has 6 heteroatoms. The molecule has 2 heterocycles. The average Bonchev–Trinajstić information content (AvgIpc) is 2.92. The Kier molecular flexibility index (Phi) is 5.39. The Morgan fingerprint density at radius 2 is 2.12 bits per heavy atom. The van der Waals surface area contributed by atoms with Crippen molar-refractivity contribution in [3.63, 3.8) is 0 Å². The molecule has 0 saturated carbocycles. The molecule has 0 atom stereocenters. The maximum absolute atomic E-state index is 9.00. The first-order chi connectivity index (χ1) is 11.7. The van der Waals surface area contributed by atoms with Crippen LogP contribution in [0.5, 0.6) is 0 Å². The van der Waals surface area contributed by atoms with Crippen molar-refractivity contribution < 1.29 is 0 Å². The summed E-state index contributed by atoms with van der Waals surface area (Å²) in [5.74, 6) is 0. The number of halogens is 1. The molecule has 0 spiro atoms. The van der Waals surface area contributed by atoms with Crippen LogP contribution in [0.3, 0.4) is 0 Å². The first kappa shape index (κ1) is 16.8. The van der Waals surface area contributed by atoms with E-state index in [1.807, 2.05) is 23.0 Å². The SMILES string of the molecule is CCn1cc(CN2CCCN(c3ccc(C#N)c(Cl)c3)CC2)cn1. The molecule has 0 aliphatic carbocycles. The van der Waals surface area contributed by atoms with Crippen molar-refractivity contribution in [2.45, 2.75) is 26.4 Å². The van der Waals surface area contributed by atoms with Gasteiger partial charge in [0.05, 0.1) is 16.8 Å². The van der Waals surface area contributed by atoms with E-state index in [1.54, 1.807) is 6.07 Å². The number of nitriles is 1. The van der Waals surface area contributed by atoms with E-state index in [2.05, 4.69) is 34.1 Å². The molecular formula is C18H22ClN5. The highest BCUT2D eigenvalue weighted by atomic mass is 35.5. The van der Waals surface area contributed by atoms with Gasteiger partial charge >= 0.3 is 0 Å². The first-order valence-electron chi connectivity index (χ1n) is 8.38. The van der Waals surface area contributed by atoms with Gasteiger partial charge < -0.3 is 4.90 Å². The summed E-state index contributed by atoms with van der Waals surface area (Å²) in [4.78, 5) is 4.82. The largest absolute Gasteiger partial charge is 0.370 e. The standard InChI is InChI=1S/C18H22ClN5/c1-2-24-14-15(12-21-24)13-22-6-3-7-23(9-8-22)17-5-4-16(11-20)18(19)10-17/h4-5,10,12,14H,2-3,6-9,13H2,1H3. The number of hydrogen-bond acceptors (Lipinski definition) is 4. The Balaban J connectivity index is 1.62. The van der Waals surface area contributed by atoms with Crippen LogP contribution in [-0.2, 0) is 13.1 Å². The van der Waals surface area contributed by atoms with E-state index in [0.717, 1.165) is 51.4 Å². The lowest BCUT2D eigenvalue weighted by Crippen LogP contribution is -2.30. The van der Waals surface area contributed by atoms with Crippen molar-refractivity contribution in [2.75, 3.05) is 31.1 Å². The maximum atomic E-state index is 9.00. The second-order valence-corrected chi connectivity index (χ2v) is 6.50. The Morgan fingerprint density at radius 1 is 1.25 bits per heavy atom. The van der Waals surface area contributed by atoms with Crippen LogP contribution in [0, 0.1) is 11.3 Å². The maximum Gasteiger partial charge on any atom is 0.101 e. The van der Waals surface area contributed by atoms with E-state index in [4.69, 9.17) is 16.9 Å². The molecule has 0 radical (unpaired) electrons. The Morgan fingerprint density at radius 3 is 2.83 bits per heavy atom. The third kappa shape index (κ3) is 3.89. The van der Waals surface area contributed by atoms with Crippen LogP contribution >= 0.6 is 11.6 Å². The quantitative estimate of drug-likeness (QED) is 0.855. The number of anilines is 1. The highest BCUT2D eigenvalue weighted by Crippen LogP contribution is 2.24. The first-order valence-corrected chi connectivity index (χ1v) is 8.75. The van der Waals surface area contributed by atoms with Gasteiger partial charge in [0.1, 0.15) is 6.07 Å². The Bertz CT molecular complexity index is 733. The smallest absolute Gasteiger partial charge is 0.101 e. The van der Waals surface area contributed by atoms with Crippen LogP contribution in [0.25, 0.3) is 0 Å². The molecule has 1 fully saturated rings. The minimum absolute atomic E-state index is 0.531. The summed E-state index contributed by atoms with van der Waals surface area (Å²) in [6, 6.07) is 7.81. The Labute approximate surface area is 148 Å². The lowest BCUT2D eigenvalue weighted by Gasteiger charge is -2.23. The zero-order valence-corrected chi connectivity index (χ0v) is 14.7. The molecular weight excluding hydrogens is 322 g/mol. The molecule has 0 unspecified atom stereocenters. The van der Waals surface area contributed by atoms with Crippen molar-refractivity contribution in [1.82, 2.24) is 14.7 Å². The topological polar surface area (TPSA) is 48.1 Å². The van der Waals surface area contributed by atoms with Gasteiger partial charge in [-0.3, -0.25) is 9.58 Å². The number of aryl methyl sites for hydroxylation is 1. The molecule has 5 nitrogen and oxygen atoms in total. The van der Waals surface area contributed by atoms with Crippen molar-refractivity contribution in [3.05, 3.63) is 46.7 Å². The normalized spacial score (nSPS) is 16.0. The van der Waals surface area contributed by atoms with Gasteiger partial charge in [-0.05, 0) is 31.5 Å². The van der Waals surface area contributed by atoms with Crippen LogP contribution < -0.4 is 4.90 Å². The van der Waals surface area contributed by atoms with E-state index >= 15 is 0 Å². The molecule has 3 rings (SSSR count). The zero-order chi connectivity index (χ0) is 16.9. The number of aromatic nitrogens is 2. The summed E-state index contributed by atoms with van der Waals surface area (Å²) >= 11 is 6.17. The molecule has 1 aliphatic rings. The van der Waals surface area contributed by atoms with E-state index in [-0.39, 0.29) is 0 Å². The summed E-state index contributed by atoms with van der Waals surface area (Å²) in [7, 11) is 0. The summed E-state index contributed by atoms with van der Waals surface area (Å²) < 4.78 is 1.97. The van der Waals surface area contributed by atoms with Crippen LogP contribution in [0.15, 0.2) is 30.6 Å². The van der Waals surface area contributed by atoms with Gasteiger partial charge in [-0.25, -0.2) is 0 Å². The van der Waals surface area contributed by atoms with Gasteiger partial charge in [-0.1, -0.05) is 11.6 Å². The summed E-state index contributed by atoms with van der Waals surface area (Å²) in [6.07, 6.45) is 5.20. The van der Waals surface area contributed by atoms with E-state index in [1.165, 1.54) is 5.56 Å². The lowest BCUT2D eigenvalue weighted by molar-refractivity contribution is 0.285. The molecule has 0 bridgehead atoms. The van der Waals surface area contributed by atoms with Gasteiger partial charge in [0.15, 0.2) is 0 Å². The summed E-state index contributed by atoms with van der Waals surface area (Å²) in [5.41, 5.74) is 2.90. The molecule has 0 amide bonds. The molecule has 1 aromatic heterocycles. The van der Waals surface area contributed by atoms with E-state index < -0.39 is 0 Å². The average molecular weight is 344 g/mol. The molecule has 1 saturated heterocycles. The predicted molar refractivity (Wildman–Crippen MR) is 96.2 cm³/mol. The second kappa shape index (κ2) is 7.69. The highest BCUT2D eigenvalue weighted by molar-refractivity contribution is 6.32. The molecule has 126 valence electrons. The van der Waals surface area contributed by atoms with Crippen molar-refractivity contribution in [3.8, 4) is 6.07 Å². The van der Waals surface area contributed by atoms with Crippen molar-refractivity contribution >= 4 is 17.3 Å². The monoisotopic (exact) mass is 343 g/mol. The van der Waals surface area contributed by atoms with Crippen molar-refractivity contribution in [1.29, 1.82) is 5.26 Å². The second-order valence-electron chi connectivity index (χ2n) is 6.10. The fourth-order valence-electron chi connectivity index (χ4n) is 3.10. The van der Waals surface area contributed by atoms with E-state index in [0.29, 0.717) is 10.6 Å². The number of rotatable bonds is 4. The van der Waals surface area contributed by atoms with Gasteiger partial charge in [0.25, 0.3) is 0 Å². The summed E-state index contributed by atoms with van der Waals surface area (Å²) in [5, 5.41) is 13.9. The van der Waals surface area contributed by atoms with Gasteiger partial charge in [-0.2, -0.15) is 10.4 Å². The number of benzene rings is 1. The van der Waals surface area contributed by atoms with Crippen LogP contribution in [0.4, 0.5) is 5.69 Å². The van der Waals surface area contributed by atoms with Gasteiger partial charge in [-0.15, -0.1) is 0 Å². The fourth-order valence-corrected chi connectivity index (χ4v) is 3.31. The van der Waals surface area contributed by atoms with Crippen LogP contribution in [0.1, 0.15) is 24.5 Å². The predicted octanol–water partition coefficient (Wildman–Crippen LogP) is 3.14. The van der Waals surface area contributed by atoms with E-state index in [9.17, 15) is 0 Å². The molecule has 24 heavy (non-hydrogen) atoms.